The van der Waals surface area contributed by atoms with Gasteiger partial charge in [-0.1, -0.05) is 6.07 Å². The lowest BCUT2D eigenvalue weighted by Gasteiger charge is -1.99. The molecule has 0 bridgehead atoms. The molecule has 0 saturated carbocycles. The van der Waals surface area contributed by atoms with E-state index < -0.39 is 0 Å². The van der Waals surface area contributed by atoms with E-state index in [9.17, 15) is 0 Å². The minimum Gasteiger partial charge on any atom is -0.416 e. The molecule has 0 aliphatic heterocycles. The van der Waals surface area contributed by atoms with Crippen LogP contribution in [0.2, 0.25) is 0 Å². The summed E-state index contributed by atoms with van der Waals surface area (Å²) in [7, 11) is 0. The van der Waals surface area contributed by atoms with Crippen LogP contribution >= 0.6 is 11.3 Å². The lowest BCUT2D eigenvalue weighted by molar-refractivity contribution is 0.584. The van der Waals surface area contributed by atoms with E-state index in [2.05, 4.69) is 21.3 Å². The number of hydrogen-bond acceptors (Lipinski definition) is 6. The van der Waals surface area contributed by atoms with Crippen LogP contribution in [0.15, 0.2) is 64.7 Å². The minimum absolute atomic E-state index is 0.413. The molecule has 24 heavy (non-hydrogen) atoms. The number of aromatic nitrogens is 3. The van der Waals surface area contributed by atoms with Crippen LogP contribution in [0.25, 0.3) is 33.3 Å². The summed E-state index contributed by atoms with van der Waals surface area (Å²) in [5.74, 6) is 0.830. The zero-order valence-electron chi connectivity index (χ0n) is 12.4. The van der Waals surface area contributed by atoms with Crippen molar-refractivity contribution >= 4 is 11.3 Å². The van der Waals surface area contributed by atoms with Crippen LogP contribution < -0.4 is 0 Å². The Morgan fingerprint density at radius 1 is 0.917 bits per heavy atom. The van der Waals surface area contributed by atoms with Gasteiger partial charge in [0.2, 0.25) is 11.8 Å². The molecular formula is C18H10N4OS. The predicted molar refractivity (Wildman–Crippen MR) is 91.0 cm³/mol. The third-order valence-electron chi connectivity index (χ3n) is 3.48. The molecule has 0 aliphatic rings. The van der Waals surface area contributed by atoms with Gasteiger partial charge in [0.05, 0.1) is 17.2 Å². The van der Waals surface area contributed by atoms with E-state index in [0.29, 0.717) is 17.3 Å². The van der Waals surface area contributed by atoms with E-state index in [4.69, 9.17) is 9.68 Å². The van der Waals surface area contributed by atoms with Crippen molar-refractivity contribution in [3.63, 3.8) is 0 Å². The van der Waals surface area contributed by atoms with Crippen molar-refractivity contribution in [2.45, 2.75) is 0 Å². The first-order chi connectivity index (χ1) is 11.8. The maximum Gasteiger partial charge on any atom is 0.249 e. The maximum atomic E-state index is 8.85. The lowest BCUT2D eigenvalue weighted by atomic mass is 10.1. The van der Waals surface area contributed by atoms with Crippen molar-refractivity contribution in [2.24, 2.45) is 0 Å². The molecule has 3 heterocycles. The van der Waals surface area contributed by atoms with Gasteiger partial charge in [0, 0.05) is 28.4 Å². The third kappa shape index (κ3) is 2.69. The molecule has 0 radical (unpaired) electrons. The van der Waals surface area contributed by atoms with E-state index in [1.807, 2.05) is 29.8 Å². The van der Waals surface area contributed by atoms with Gasteiger partial charge in [0.25, 0.3) is 0 Å². The van der Waals surface area contributed by atoms with Crippen LogP contribution in [0, 0.1) is 11.3 Å². The van der Waals surface area contributed by atoms with Crippen LogP contribution in [0.3, 0.4) is 0 Å². The number of nitriles is 1. The van der Waals surface area contributed by atoms with Crippen molar-refractivity contribution in [1.82, 2.24) is 15.2 Å². The summed E-state index contributed by atoms with van der Waals surface area (Å²) in [4.78, 5) is 5.40. The van der Waals surface area contributed by atoms with Crippen molar-refractivity contribution in [3.8, 4) is 39.4 Å². The van der Waals surface area contributed by atoms with Crippen LogP contribution in [-0.4, -0.2) is 15.2 Å². The van der Waals surface area contributed by atoms with Crippen LogP contribution in [0.1, 0.15) is 5.56 Å². The predicted octanol–water partition coefficient (Wildman–Crippen LogP) is 4.40. The molecular weight excluding hydrogens is 320 g/mol. The van der Waals surface area contributed by atoms with Gasteiger partial charge in [-0.25, -0.2) is 0 Å². The van der Waals surface area contributed by atoms with Crippen LogP contribution in [0.4, 0.5) is 0 Å². The topological polar surface area (TPSA) is 75.6 Å². The normalized spacial score (nSPS) is 10.5. The number of rotatable bonds is 3. The second-order valence-corrected chi connectivity index (χ2v) is 5.99. The minimum atomic E-state index is 0.413. The Bertz CT molecular complexity index is 1010. The number of pyridine rings is 1. The Hall–Kier alpha value is -3.30. The molecule has 4 aromatic rings. The van der Waals surface area contributed by atoms with Gasteiger partial charge >= 0.3 is 0 Å². The summed E-state index contributed by atoms with van der Waals surface area (Å²) in [6.45, 7) is 0. The summed E-state index contributed by atoms with van der Waals surface area (Å²) in [6.07, 6.45) is 3.51. The zero-order chi connectivity index (χ0) is 16.4. The third-order valence-corrected chi connectivity index (χ3v) is 4.40. The highest BCUT2D eigenvalue weighted by Crippen LogP contribution is 2.29. The Labute approximate surface area is 141 Å². The summed E-state index contributed by atoms with van der Waals surface area (Å²) in [5, 5.41) is 19.1. The Kier molecular flexibility index (Phi) is 3.61. The molecule has 1 aromatic carbocycles. The maximum absolute atomic E-state index is 8.85. The van der Waals surface area contributed by atoms with Gasteiger partial charge in [-0.2, -0.15) is 5.26 Å². The van der Waals surface area contributed by atoms with E-state index >= 15 is 0 Å². The molecule has 0 saturated heterocycles. The fourth-order valence-corrected chi connectivity index (χ4v) is 2.99. The number of nitrogens with zero attached hydrogens (tertiary/aromatic N) is 4. The average Bonchev–Trinajstić information content (AvgIpc) is 3.34. The zero-order valence-corrected chi connectivity index (χ0v) is 13.2. The SMILES string of the molecule is N#Cc1ccc(-c2nnc(-c3cncc(-c4cccs4)c3)o2)cc1. The van der Waals surface area contributed by atoms with Crippen LogP contribution in [0.5, 0.6) is 0 Å². The molecule has 0 unspecified atom stereocenters. The fraction of sp³-hybridized carbons (Fsp3) is 0. The highest BCUT2D eigenvalue weighted by Gasteiger charge is 2.12. The van der Waals surface area contributed by atoms with Gasteiger partial charge in [-0.05, 0) is 41.8 Å². The van der Waals surface area contributed by atoms with E-state index in [1.54, 1.807) is 41.8 Å². The van der Waals surface area contributed by atoms with Crippen molar-refractivity contribution in [2.75, 3.05) is 0 Å². The van der Waals surface area contributed by atoms with Crippen molar-refractivity contribution < 1.29 is 4.42 Å². The van der Waals surface area contributed by atoms with Gasteiger partial charge < -0.3 is 4.42 Å². The largest absolute Gasteiger partial charge is 0.416 e. The standard InChI is InChI=1S/C18H10N4OS/c19-9-12-3-5-13(6-4-12)17-21-22-18(23-17)15-8-14(10-20-11-15)16-2-1-7-24-16/h1-8,10-11H. The molecule has 3 aromatic heterocycles. The molecule has 5 nitrogen and oxygen atoms in total. The number of benzene rings is 1. The molecule has 0 fully saturated rings. The Morgan fingerprint density at radius 2 is 1.67 bits per heavy atom. The second kappa shape index (κ2) is 6.07. The van der Waals surface area contributed by atoms with Gasteiger partial charge in [0.1, 0.15) is 0 Å². The molecule has 4 rings (SSSR count). The highest BCUT2D eigenvalue weighted by atomic mass is 32.1. The first kappa shape index (κ1) is 14.3. The summed E-state index contributed by atoms with van der Waals surface area (Å²) in [6, 6.07) is 15.1. The molecule has 114 valence electrons. The fourth-order valence-electron chi connectivity index (χ4n) is 2.28. The summed E-state index contributed by atoms with van der Waals surface area (Å²) >= 11 is 1.65. The van der Waals surface area contributed by atoms with Gasteiger partial charge in [0.15, 0.2) is 0 Å². The summed E-state index contributed by atoms with van der Waals surface area (Å²) in [5.41, 5.74) is 3.15. The van der Waals surface area contributed by atoms with Crippen molar-refractivity contribution in [3.05, 3.63) is 65.8 Å². The number of thiophene rings is 1. The van der Waals surface area contributed by atoms with E-state index in [0.717, 1.165) is 21.6 Å². The van der Waals surface area contributed by atoms with E-state index in [1.165, 1.54) is 0 Å². The average molecular weight is 330 g/mol. The summed E-state index contributed by atoms with van der Waals surface area (Å²) < 4.78 is 5.76. The van der Waals surface area contributed by atoms with E-state index in [-0.39, 0.29) is 0 Å². The monoisotopic (exact) mass is 330 g/mol. The van der Waals surface area contributed by atoms with Crippen molar-refractivity contribution in [1.29, 1.82) is 5.26 Å². The Balaban J connectivity index is 1.67. The number of hydrogen-bond donors (Lipinski definition) is 0. The van der Waals surface area contributed by atoms with Gasteiger partial charge in [-0.3, -0.25) is 4.98 Å². The Morgan fingerprint density at radius 3 is 2.38 bits per heavy atom. The highest BCUT2D eigenvalue weighted by molar-refractivity contribution is 7.13. The lowest BCUT2D eigenvalue weighted by Crippen LogP contribution is -1.82. The quantitative estimate of drug-likeness (QED) is 0.556. The van der Waals surface area contributed by atoms with Crippen LogP contribution in [-0.2, 0) is 0 Å². The molecule has 6 heteroatoms. The molecule has 0 N–H and O–H groups in total. The molecule has 0 atom stereocenters. The first-order valence-electron chi connectivity index (χ1n) is 7.17. The smallest absolute Gasteiger partial charge is 0.249 e. The molecule has 0 amide bonds. The molecule has 0 spiro atoms. The second-order valence-electron chi connectivity index (χ2n) is 5.04. The first-order valence-corrected chi connectivity index (χ1v) is 8.05. The molecule has 0 aliphatic carbocycles. The van der Waals surface area contributed by atoms with Gasteiger partial charge in [-0.15, -0.1) is 21.5 Å².